The van der Waals surface area contributed by atoms with Crippen molar-refractivity contribution in [2.24, 2.45) is 0 Å². The van der Waals surface area contributed by atoms with Crippen molar-refractivity contribution in [1.29, 1.82) is 0 Å². The van der Waals surface area contributed by atoms with Gasteiger partial charge in [-0.25, -0.2) is 0 Å². The maximum absolute atomic E-state index is 11.0. The number of hydrogen-bond acceptors (Lipinski definition) is 2. The second kappa shape index (κ2) is 2.49. The van der Waals surface area contributed by atoms with Crippen molar-refractivity contribution >= 4 is 18.4 Å². The summed E-state index contributed by atoms with van der Waals surface area (Å²) in [5.41, 5.74) is 3.89. The highest BCUT2D eigenvalue weighted by molar-refractivity contribution is 7.85. The fourth-order valence-corrected chi connectivity index (χ4v) is 1.39. The average molecular weight is 152 g/mol. The van der Waals surface area contributed by atoms with Crippen molar-refractivity contribution in [2.75, 3.05) is 0 Å². The first-order chi connectivity index (χ1) is 4.72. The van der Waals surface area contributed by atoms with E-state index in [9.17, 15) is 4.79 Å². The highest BCUT2D eigenvalue weighted by Crippen LogP contribution is 2.33. The van der Waals surface area contributed by atoms with E-state index < -0.39 is 0 Å². The summed E-state index contributed by atoms with van der Waals surface area (Å²) in [6, 6.07) is 0. The minimum atomic E-state index is 0.0579. The number of carbonyl (C=O) groups excluding carboxylic acids is 1. The van der Waals surface area contributed by atoms with E-state index in [2.05, 4.69) is 24.9 Å². The van der Waals surface area contributed by atoms with Gasteiger partial charge in [0, 0.05) is 10.5 Å². The third-order valence-corrected chi connectivity index (χ3v) is 2.05. The van der Waals surface area contributed by atoms with E-state index in [4.69, 9.17) is 0 Å². The van der Waals surface area contributed by atoms with Gasteiger partial charge in [0.1, 0.15) is 0 Å². The summed E-state index contributed by atoms with van der Waals surface area (Å²) in [5, 5.41) is 0. The number of rotatable bonds is 1. The van der Waals surface area contributed by atoms with Gasteiger partial charge in [0.15, 0.2) is 5.78 Å². The molecule has 0 bridgehead atoms. The smallest absolute Gasteiger partial charge is 0.198 e. The molecule has 1 rings (SSSR count). The number of ketones is 1. The SMILES string of the molecule is C=C=C1C(=O)C(CC)=C1S. The van der Waals surface area contributed by atoms with Gasteiger partial charge in [0.25, 0.3) is 0 Å². The summed E-state index contributed by atoms with van der Waals surface area (Å²) in [7, 11) is 0. The van der Waals surface area contributed by atoms with Crippen molar-refractivity contribution in [1.82, 2.24) is 0 Å². The Hall–Kier alpha value is -0.720. The molecule has 1 aliphatic rings. The molecular weight excluding hydrogens is 144 g/mol. The normalized spacial score (nSPS) is 17.0. The number of allylic oxidation sites excluding steroid dienone is 2. The molecule has 0 aromatic rings. The van der Waals surface area contributed by atoms with Crippen LogP contribution >= 0.6 is 12.6 Å². The molecule has 0 spiro atoms. The maximum Gasteiger partial charge on any atom is 0.198 e. The molecule has 0 aliphatic heterocycles. The Bertz CT molecular complexity index is 267. The van der Waals surface area contributed by atoms with E-state index in [1.165, 1.54) is 0 Å². The van der Waals surface area contributed by atoms with E-state index in [1.54, 1.807) is 0 Å². The molecule has 1 aliphatic carbocycles. The van der Waals surface area contributed by atoms with Crippen molar-refractivity contribution in [2.45, 2.75) is 13.3 Å². The van der Waals surface area contributed by atoms with Crippen LogP contribution in [0.3, 0.4) is 0 Å². The maximum atomic E-state index is 11.0. The zero-order valence-corrected chi connectivity index (χ0v) is 6.66. The van der Waals surface area contributed by atoms with Crippen molar-refractivity contribution in [3.8, 4) is 0 Å². The van der Waals surface area contributed by atoms with Crippen LogP contribution in [-0.4, -0.2) is 5.78 Å². The largest absolute Gasteiger partial charge is 0.288 e. The number of thiol groups is 1. The number of carbonyl (C=O) groups is 1. The van der Waals surface area contributed by atoms with Gasteiger partial charge in [-0.15, -0.1) is 18.4 Å². The van der Waals surface area contributed by atoms with Gasteiger partial charge in [-0.1, -0.05) is 13.5 Å². The van der Waals surface area contributed by atoms with Gasteiger partial charge in [-0.2, -0.15) is 0 Å². The Balaban J connectivity index is 3.10. The van der Waals surface area contributed by atoms with Crippen LogP contribution in [0.1, 0.15) is 13.3 Å². The average Bonchev–Trinajstić information content (AvgIpc) is 1.90. The minimum Gasteiger partial charge on any atom is -0.288 e. The van der Waals surface area contributed by atoms with Crippen LogP contribution in [0.5, 0.6) is 0 Å². The summed E-state index contributed by atoms with van der Waals surface area (Å²) in [6.45, 7) is 5.32. The van der Waals surface area contributed by atoms with Crippen LogP contribution in [0, 0.1) is 0 Å². The molecule has 52 valence electrons. The third-order valence-electron chi connectivity index (χ3n) is 1.55. The molecule has 10 heavy (non-hydrogen) atoms. The molecule has 0 radical (unpaired) electrons. The molecule has 2 heteroatoms. The van der Waals surface area contributed by atoms with Crippen LogP contribution in [0.25, 0.3) is 0 Å². The highest BCUT2D eigenvalue weighted by atomic mass is 32.1. The van der Waals surface area contributed by atoms with Gasteiger partial charge in [-0.3, -0.25) is 4.79 Å². The molecule has 0 amide bonds. The van der Waals surface area contributed by atoms with Crippen LogP contribution in [0.2, 0.25) is 0 Å². The van der Waals surface area contributed by atoms with Gasteiger partial charge in [0.2, 0.25) is 0 Å². The molecule has 0 aromatic carbocycles. The zero-order chi connectivity index (χ0) is 7.72. The van der Waals surface area contributed by atoms with Crippen LogP contribution in [0.4, 0.5) is 0 Å². The van der Waals surface area contributed by atoms with Crippen molar-refractivity contribution < 1.29 is 4.79 Å². The Morgan fingerprint density at radius 2 is 2.30 bits per heavy atom. The molecule has 0 saturated carbocycles. The predicted molar refractivity (Wildman–Crippen MR) is 44.0 cm³/mol. The molecule has 0 aromatic heterocycles. The molecular formula is C8H8OS. The fourth-order valence-electron chi connectivity index (χ4n) is 0.946. The summed E-state index contributed by atoms with van der Waals surface area (Å²) in [4.78, 5) is 11.8. The molecule has 0 heterocycles. The summed E-state index contributed by atoms with van der Waals surface area (Å²) in [5.74, 6) is 0.0579. The van der Waals surface area contributed by atoms with Crippen molar-refractivity contribution in [3.63, 3.8) is 0 Å². The molecule has 0 N–H and O–H groups in total. The first-order valence-electron chi connectivity index (χ1n) is 3.09. The first-order valence-corrected chi connectivity index (χ1v) is 3.54. The van der Waals surface area contributed by atoms with E-state index >= 15 is 0 Å². The molecule has 0 saturated heterocycles. The molecule has 0 atom stereocenters. The van der Waals surface area contributed by atoms with Gasteiger partial charge < -0.3 is 0 Å². The van der Waals surface area contributed by atoms with Crippen LogP contribution in [0.15, 0.2) is 28.4 Å². The Labute approximate surface area is 65.5 Å². The second-order valence-electron chi connectivity index (χ2n) is 2.06. The predicted octanol–water partition coefficient (Wildman–Crippen LogP) is 1.87. The van der Waals surface area contributed by atoms with Crippen molar-refractivity contribution in [3.05, 3.63) is 28.4 Å². The van der Waals surface area contributed by atoms with E-state index in [-0.39, 0.29) is 5.78 Å². The summed E-state index contributed by atoms with van der Waals surface area (Å²) < 4.78 is 0. The van der Waals surface area contributed by atoms with Crippen LogP contribution in [-0.2, 0) is 4.79 Å². The lowest BCUT2D eigenvalue weighted by molar-refractivity contribution is -0.113. The lowest BCUT2D eigenvalue weighted by Crippen LogP contribution is -2.17. The van der Waals surface area contributed by atoms with E-state index in [0.29, 0.717) is 5.57 Å². The summed E-state index contributed by atoms with van der Waals surface area (Å²) in [6.07, 6.45) is 0.753. The standard InChI is InChI=1S/C8H8OS/c1-3-5-7(9)6(4-2)8(5)10/h10H,1,4H2,2H3. The second-order valence-corrected chi connectivity index (χ2v) is 2.51. The molecule has 0 fully saturated rings. The summed E-state index contributed by atoms with van der Waals surface area (Å²) >= 11 is 4.11. The quantitative estimate of drug-likeness (QED) is 0.345. The first kappa shape index (κ1) is 7.39. The van der Waals surface area contributed by atoms with Crippen LogP contribution < -0.4 is 0 Å². The number of hydrogen-bond donors (Lipinski definition) is 1. The fraction of sp³-hybridized carbons (Fsp3) is 0.250. The van der Waals surface area contributed by atoms with E-state index in [0.717, 1.165) is 16.9 Å². The van der Waals surface area contributed by atoms with Gasteiger partial charge in [-0.05, 0) is 6.42 Å². The Morgan fingerprint density at radius 3 is 2.60 bits per heavy atom. The monoisotopic (exact) mass is 152 g/mol. The van der Waals surface area contributed by atoms with Gasteiger partial charge >= 0.3 is 0 Å². The molecule has 1 nitrogen and oxygen atoms in total. The Kier molecular flexibility index (Phi) is 1.84. The van der Waals surface area contributed by atoms with E-state index in [1.807, 2.05) is 6.92 Å². The molecule has 0 unspecified atom stereocenters. The van der Waals surface area contributed by atoms with Gasteiger partial charge in [0.05, 0.1) is 5.57 Å². The Morgan fingerprint density at radius 1 is 1.70 bits per heavy atom. The minimum absolute atomic E-state index is 0.0579. The number of Topliss-reactive ketones (excluding diaryl/α,β-unsaturated/α-hetero) is 1. The lowest BCUT2D eigenvalue weighted by Gasteiger charge is -2.18. The topological polar surface area (TPSA) is 17.1 Å². The zero-order valence-electron chi connectivity index (χ0n) is 5.77. The third kappa shape index (κ3) is 0.772. The highest BCUT2D eigenvalue weighted by Gasteiger charge is 2.28. The lowest BCUT2D eigenvalue weighted by atomic mass is 9.89.